The fourth-order valence-corrected chi connectivity index (χ4v) is 1.90. The summed E-state index contributed by atoms with van der Waals surface area (Å²) in [4.78, 5) is 18.6. The fraction of sp³-hybridized carbons (Fsp3) is 0.0667. The van der Waals surface area contributed by atoms with E-state index < -0.39 is 0 Å². The molecule has 3 rings (SSSR count). The molecular weight excluding hydrogens is 271 g/mol. The SMILES string of the molecule is O=c1[nH]c(N=NCc2ccc(F)cc2)nc2ccccc12. The number of fused-ring (bicyclic) bond motifs is 1. The van der Waals surface area contributed by atoms with E-state index >= 15 is 0 Å². The fourth-order valence-electron chi connectivity index (χ4n) is 1.90. The molecule has 2 aromatic carbocycles. The second-order valence-electron chi connectivity index (χ2n) is 4.43. The Labute approximate surface area is 119 Å². The van der Waals surface area contributed by atoms with E-state index in [4.69, 9.17) is 0 Å². The largest absolute Gasteiger partial charge is 0.289 e. The van der Waals surface area contributed by atoms with Gasteiger partial charge < -0.3 is 0 Å². The number of hydrogen-bond donors (Lipinski definition) is 1. The lowest BCUT2D eigenvalue weighted by molar-refractivity contribution is 0.627. The van der Waals surface area contributed by atoms with Gasteiger partial charge in [-0.2, -0.15) is 5.11 Å². The molecule has 104 valence electrons. The molecule has 21 heavy (non-hydrogen) atoms. The Bertz CT molecular complexity index is 855. The van der Waals surface area contributed by atoms with Gasteiger partial charge in [0.2, 0.25) is 5.95 Å². The first-order valence-corrected chi connectivity index (χ1v) is 6.33. The molecule has 0 aliphatic carbocycles. The highest BCUT2D eigenvalue weighted by atomic mass is 19.1. The van der Waals surface area contributed by atoms with Crippen LogP contribution in [0.4, 0.5) is 10.3 Å². The van der Waals surface area contributed by atoms with E-state index in [0.717, 1.165) is 5.56 Å². The summed E-state index contributed by atoms with van der Waals surface area (Å²) in [5.74, 6) is -0.142. The lowest BCUT2D eigenvalue weighted by atomic mass is 10.2. The van der Waals surface area contributed by atoms with Crippen LogP contribution in [0.5, 0.6) is 0 Å². The molecule has 1 heterocycles. The summed E-state index contributed by atoms with van der Waals surface area (Å²) >= 11 is 0. The van der Waals surface area contributed by atoms with Crippen LogP contribution in [0, 0.1) is 5.82 Å². The molecule has 0 fully saturated rings. The molecule has 3 aromatic rings. The number of hydrogen-bond acceptors (Lipinski definition) is 4. The predicted octanol–water partition coefficient (Wildman–Crippen LogP) is 3.35. The number of H-pyrrole nitrogens is 1. The van der Waals surface area contributed by atoms with Crippen LogP contribution in [0.15, 0.2) is 63.6 Å². The van der Waals surface area contributed by atoms with Gasteiger partial charge >= 0.3 is 0 Å². The quantitative estimate of drug-likeness (QED) is 0.748. The van der Waals surface area contributed by atoms with Crippen LogP contribution in [-0.4, -0.2) is 9.97 Å². The molecule has 1 N–H and O–H groups in total. The normalized spacial score (nSPS) is 11.3. The molecule has 0 bridgehead atoms. The minimum atomic E-state index is -0.295. The number of halogens is 1. The molecule has 0 radical (unpaired) electrons. The molecule has 0 saturated carbocycles. The molecule has 0 aliphatic rings. The Morgan fingerprint density at radius 2 is 1.86 bits per heavy atom. The van der Waals surface area contributed by atoms with Gasteiger partial charge in [0.25, 0.3) is 5.56 Å². The van der Waals surface area contributed by atoms with Crippen LogP contribution in [0.2, 0.25) is 0 Å². The third kappa shape index (κ3) is 3.00. The first-order valence-electron chi connectivity index (χ1n) is 6.33. The van der Waals surface area contributed by atoms with E-state index in [0.29, 0.717) is 10.9 Å². The van der Waals surface area contributed by atoms with Gasteiger partial charge in [0.05, 0.1) is 17.4 Å². The van der Waals surface area contributed by atoms with Gasteiger partial charge in [-0.05, 0) is 29.8 Å². The van der Waals surface area contributed by atoms with Gasteiger partial charge in [-0.3, -0.25) is 9.78 Å². The van der Waals surface area contributed by atoms with Crippen LogP contribution in [0.1, 0.15) is 5.56 Å². The van der Waals surface area contributed by atoms with Gasteiger partial charge in [-0.15, -0.1) is 5.11 Å². The number of aromatic nitrogens is 2. The maximum absolute atomic E-state index is 12.8. The van der Waals surface area contributed by atoms with Crippen molar-refractivity contribution in [3.63, 3.8) is 0 Å². The molecule has 1 aromatic heterocycles. The summed E-state index contributed by atoms with van der Waals surface area (Å²) in [7, 11) is 0. The minimum absolute atomic E-state index is 0.154. The highest BCUT2D eigenvalue weighted by molar-refractivity contribution is 5.77. The van der Waals surface area contributed by atoms with Crippen LogP contribution in [0.25, 0.3) is 10.9 Å². The maximum atomic E-state index is 12.8. The van der Waals surface area contributed by atoms with Crippen LogP contribution in [-0.2, 0) is 6.54 Å². The molecule has 0 saturated heterocycles. The van der Waals surface area contributed by atoms with Crippen LogP contribution in [0.3, 0.4) is 0 Å². The highest BCUT2D eigenvalue weighted by Gasteiger charge is 2.01. The number of nitrogens with one attached hydrogen (secondary N) is 1. The first kappa shape index (κ1) is 13.1. The number of azo groups is 1. The Hall–Kier alpha value is -2.89. The van der Waals surface area contributed by atoms with E-state index in [9.17, 15) is 9.18 Å². The lowest BCUT2D eigenvalue weighted by Crippen LogP contribution is -2.06. The van der Waals surface area contributed by atoms with Crippen molar-refractivity contribution >= 4 is 16.9 Å². The van der Waals surface area contributed by atoms with E-state index in [1.54, 1.807) is 36.4 Å². The number of rotatable bonds is 3. The number of aromatic amines is 1. The van der Waals surface area contributed by atoms with Crippen molar-refractivity contribution in [1.82, 2.24) is 9.97 Å². The van der Waals surface area contributed by atoms with Crippen molar-refractivity contribution in [1.29, 1.82) is 0 Å². The molecule has 0 atom stereocenters. The smallest absolute Gasteiger partial charge is 0.260 e. The van der Waals surface area contributed by atoms with Crippen LogP contribution < -0.4 is 5.56 Å². The summed E-state index contributed by atoms with van der Waals surface area (Å²) in [6.45, 7) is 0.289. The second kappa shape index (κ2) is 5.62. The zero-order chi connectivity index (χ0) is 14.7. The van der Waals surface area contributed by atoms with E-state index in [1.807, 2.05) is 0 Å². The Kier molecular flexibility index (Phi) is 3.51. The number of benzene rings is 2. The zero-order valence-electron chi connectivity index (χ0n) is 11.0. The summed E-state index contributed by atoms with van der Waals surface area (Å²) in [6.07, 6.45) is 0. The maximum Gasteiger partial charge on any atom is 0.260 e. The third-order valence-electron chi connectivity index (χ3n) is 2.93. The van der Waals surface area contributed by atoms with Crippen molar-refractivity contribution in [3.05, 3.63) is 70.3 Å². The van der Waals surface area contributed by atoms with Crippen LogP contribution >= 0.6 is 0 Å². The standard InChI is InChI=1S/C15H11FN4O/c16-11-7-5-10(6-8-11)9-17-20-15-18-13-4-2-1-3-12(13)14(21)19-15/h1-8H,9H2,(H,18,19,21). The number of nitrogens with zero attached hydrogens (tertiary/aromatic N) is 3. The molecule has 0 amide bonds. The van der Waals surface area contributed by atoms with Gasteiger partial charge in [0.1, 0.15) is 5.82 Å². The molecule has 6 heteroatoms. The zero-order valence-corrected chi connectivity index (χ0v) is 11.0. The molecule has 5 nitrogen and oxygen atoms in total. The Balaban J connectivity index is 1.83. The van der Waals surface area contributed by atoms with Crippen molar-refractivity contribution in [2.24, 2.45) is 10.2 Å². The molecule has 0 spiro atoms. The van der Waals surface area contributed by atoms with Crippen molar-refractivity contribution in [2.75, 3.05) is 0 Å². The second-order valence-corrected chi connectivity index (χ2v) is 4.43. The molecule has 0 aliphatic heterocycles. The van der Waals surface area contributed by atoms with Gasteiger partial charge in [-0.1, -0.05) is 24.3 Å². The van der Waals surface area contributed by atoms with E-state index in [-0.39, 0.29) is 23.9 Å². The van der Waals surface area contributed by atoms with Crippen molar-refractivity contribution in [3.8, 4) is 0 Å². The summed E-state index contributed by atoms with van der Waals surface area (Å²) in [5, 5.41) is 8.37. The Morgan fingerprint density at radius 1 is 1.10 bits per heavy atom. The number of para-hydroxylation sites is 1. The molecular formula is C15H11FN4O. The average Bonchev–Trinajstić information content (AvgIpc) is 2.49. The average molecular weight is 282 g/mol. The van der Waals surface area contributed by atoms with Crippen molar-refractivity contribution in [2.45, 2.75) is 6.54 Å². The summed E-state index contributed by atoms with van der Waals surface area (Å²) in [6, 6.07) is 13.0. The van der Waals surface area contributed by atoms with E-state index in [2.05, 4.69) is 20.2 Å². The topological polar surface area (TPSA) is 70.5 Å². The third-order valence-corrected chi connectivity index (χ3v) is 2.93. The van der Waals surface area contributed by atoms with Gasteiger partial charge in [0, 0.05) is 0 Å². The van der Waals surface area contributed by atoms with Gasteiger partial charge in [-0.25, -0.2) is 9.37 Å². The highest BCUT2D eigenvalue weighted by Crippen LogP contribution is 2.11. The first-order chi connectivity index (χ1) is 10.2. The summed E-state index contributed by atoms with van der Waals surface area (Å²) < 4.78 is 12.8. The minimum Gasteiger partial charge on any atom is -0.289 e. The molecule has 0 unspecified atom stereocenters. The van der Waals surface area contributed by atoms with Gasteiger partial charge in [0.15, 0.2) is 0 Å². The summed E-state index contributed by atoms with van der Waals surface area (Å²) in [5.41, 5.74) is 1.14. The van der Waals surface area contributed by atoms with E-state index in [1.165, 1.54) is 12.1 Å². The Morgan fingerprint density at radius 3 is 2.67 bits per heavy atom. The van der Waals surface area contributed by atoms with Crippen molar-refractivity contribution < 1.29 is 4.39 Å². The lowest BCUT2D eigenvalue weighted by Gasteiger charge is -1.97. The monoisotopic (exact) mass is 282 g/mol. The predicted molar refractivity (Wildman–Crippen MR) is 77.0 cm³/mol.